The third kappa shape index (κ3) is 2.85. The van der Waals surface area contributed by atoms with Gasteiger partial charge in [-0.1, -0.05) is 22.5 Å². The number of hydrogen-bond acceptors (Lipinski definition) is 5. The maximum Gasteiger partial charge on any atom is 0.226 e. The average Bonchev–Trinajstić information content (AvgIpc) is 2.81. The topological polar surface area (TPSA) is 61.1 Å². The molecule has 7 heteroatoms. The second-order valence-corrected chi connectivity index (χ2v) is 6.61. The largest absolute Gasteiger partial charge is 0.618 e. The van der Waals surface area contributed by atoms with E-state index in [1.54, 1.807) is 6.07 Å². The summed E-state index contributed by atoms with van der Waals surface area (Å²) in [6.07, 6.45) is 1.50. The molecule has 0 saturated heterocycles. The molecule has 3 aromatic rings. The molecule has 21 heavy (non-hydrogen) atoms. The van der Waals surface area contributed by atoms with E-state index in [1.165, 1.54) is 17.5 Å². The lowest BCUT2D eigenvalue weighted by molar-refractivity contribution is -0.575. The van der Waals surface area contributed by atoms with Crippen molar-refractivity contribution in [2.75, 3.05) is 0 Å². The molecule has 0 aliphatic carbocycles. The maximum atomic E-state index is 12.1. The molecule has 0 amide bonds. The van der Waals surface area contributed by atoms with Gasteiger partial charge in [-0.15, -0.1) is 11.3 Å². The highest BCUT2D eigenvalue weighted by atomic mass is 79.9. The predicted molar refractivity (Wildman–Crippen MR) is 86.5 cm³/mol. The van der Waals surface area contributed by atoms with Crippen molar-refractivity contribution in [2.24, 2.45) is 0 Å². The minimum absolute atomic E-state index is 0.323. The summed E-state index contributed by atoms with van der Waals surface area (Å²) >= 11 is 4.90. The number of nitrogens with one attached hydrogen (secondary N) is 1. The molecule has 2 heterocycles. The fourth-order valence-corrected chi connectivity index (χ4v) is 3.33. The number of benzene rings is 1. The van der Waals surface area contributed by atoms with E-state index in [0.717, 1.165) is 30.0 Å². The van der Waals surface area contributed by atoms with E-state index in [1.807, 2.05) is 19.1 Å². The van der Waals surface area contributed by atoms with Crippen LogP contribution in [-0.2, 0) is 11.4 Å². The zero-order chi connectivity index (χ0) is 15.0. The second-order valence-electron chi connectivity index (χ2n) is 4.61. The van der Waals surface area contributed by atoms with Crippen LogP contribution in [0.4, 0.5) is 0 Å². The number of pyridine rings is 1. The van der Waals surface area contributed by atoms with Gasteiger partial charge in [-0.05, 0) is 19.1 Å². The van der Waals surface area contributed by atoms with Crippen LogP contribution < -0.4 is 10.2 Å². The Morgan fingerprint density at radius 2 is 2.38 bits per heavy atom. The van der Waals surface area contributed by atoms with E-state index in [2.05, 4.69) is 33.0 Å². The molecule has 0 fully saturated rings. The van der Waals surface area contributed by atoms with Crippen molar-refractivity contribution in [3.8, 4) is 0 Å². The Labute approximate surface area is 133 Å². The number of rotatable bonds is 4. The van der Waals surface area contributed by atoms with E-state index < -0.39 is 0 Å². The van der Waals surface area contributed by atoms with Gasteiger partial charge >= 0.3 is 0 Å². The zero-order valence-corrected chi connectivity index (χ0v) is 13.6. The first-order valence-corrected chi connectivity index (χ1v) is 7.79. The molecular weight excluding hydrogens is 354 g/mol. The van der Waals surface area contributed by atoms with Crippen LogP contribution in [0.5, 0.6) is 0 Å². The number of aromatic nitrogens is 2. The van der Waals surface area contributed by atoms with Crippen LogP contribution in [0.3, 0.4) is 0 Å². The Hall–Kier alpha value is -1.70. The Morgan fingerprint density at radius 1 is 1.57 bits per heavy atom. The van der Waals surface area contributed by atoms with Crippen LogP contribution in [0, 0.1) is 5.21 Å². The molecule has 0 atom stereocenters. The number of thiazole rings is 1. The minimum Gasteiger partial charge on any atom is -0.618 e. The summed E-state index contributed by atoms with van der Waals surface area (Å²) in [4.78, 5) is 9.71. The van der Waals surface area contributed by atoms with Crippen molar-refractivity contribution in [2.45, 2.75) is 13.5 Å². The van der Waals surface area contributed by atoms with Crippen molar-refractivity contribution in [3.05, 3.63) is 51.4 Å². The number of halogens is 1. The van der Waals surface area contributed by atoms with Crippen molar-refractivity contribution in [1.82, 2.24) is 10.5 Å². The van der Waals surface area contributed by atoms with Gasteiger partial charge in [0.05, 0.1) is 10.1 Å². The molecule has 0 spiro atoms. The molecule has 0 bridgehead atoms. The van der Waals surface area contributed by atoms with Crippen LogP contribution in [0.25, 0.3) is 21.1 Å². The average molecular weight is 366 g/mol. The standard InChI is InChI=1S/C14H12BrN3O2S/c1-8(2)17-20-7-13-16-11-6-18(19)12-5-9(15)3-4-10(12)14(11)21-13/h3-6,17H,1,7H2,2H3. The second kappa shape index (κ2) is 5.59. The third-order valence-corrected chi connectivity index (χ3v) is 4.39. The summed E-state index contributed by atoms with van der Waals surface area (Å²) in [5, 5.41) is 13.8. The molecular formula is C14H12BrN3O2S. The van der Waals surface area contributed by atoms with Crippen LogP contribution in [0.15, 0.2) is 41.1 Å². The van der Waals surface area contributed by atoms with Gasteiger partial charge in [0.15, 0.2) is 0 Å². The molecule has 0 aliphatic rings. The van der Waals surface area contributed by atoms with Crippen molar-refractivity contribution < 1.29 is 9.57 Å². The molecule has 0 unspecified atom stereocenters. The summed E-state index contributed by atoms with van der Waals surface area (Å²) in [6, 6.07) is 5.64. The highest BCUT2D eigenvalue weighted by molar-refractivity contribution is 9.10. The van der Waals surface area contributed by atoms with Gasteiger partial charge in [0, 0.05) is 16.2 Å². The van der Waals surface area contributed by atoms with Crippen LogP contribution in [0.2, 0.25) is 0 Å². The summed E-state index contributed by atoms with van der Waals surface area (Å²) in [6.45, 7) is 5.82. The minimum atomic E-state index is 0.323. The van der Waals surface area contributed by atoms with Crippen LogP contribution >= 0.6 is 27.3 Å². The lowest BCUT2D eigenvalue weighted by Gasteiger charge is -2.02. The van der Waals surface area contributed by atoms with E-state index in [-0.39, 0.29) is 0 Å². The third-order valence-electron chi connectivity index (χ3n) is 2.82. The summed E-state index contributed by atoms with van der Waals surface area (Å²) in [5.74, 6) is 0. The van der Waals surface area contributed by atoms with Gasteiger partial charge < -0.3 is 5.21 Å². The van der Waals surface area contributed by atoms with Gasteiger partial charge in [-0.25, -0.2) is 4.98 Å². The summed E-state index contributed by atoms with van der Waals surface area (Å²) in [5.41, 5.74) is 4.72. The van der Waals surface area contributed by atoms with Gasteiger partial charge in [-0.2, -0.15) is 4.73 Å². The number of fused-ring (bicyclic) bond motifs is 3. The van der Waals surface area contributed by atoms with E-state index >= 15 is 0 Å². The van der Waals surface area contributed by atoms with Crippen LogP contribution in [0.1, 0.15) is 11.9 Å². The van der Waals surface area contributed by atoms with Crippen molar-refractivity contribution in [1.29, 1.82) is 0 Å². The molecule has 108 valence electrons. The lowest BCUT2D eigenvalue weighted by atomic mass is 10.2. The molecule has 1 aromatic carbocycles. The predicted octanol–water partition coefficient (Wildman–Crippen LogP) is 3.40. The molecule has 0 saturated carbocycles. The van der Waals surface area contributed by atoms with E-state index in [4.69, 9.17) is 4.84 Å². The summed E-state index contributed by atoms with van der Waals surface area (Å²) < 4.78 is 2.70. The molecule has 5 nitrogen and oxygen atoms in total. The molecule has 0 aliphatic heterocycles. The summed E-state index contributed by atoms with van der Waals surface area (Å²) in [7, 11) is 0. The quantitative estimate of drug-likeness (QED) is 0.437. The zero-order valence-electron chi connectivity index (χ0n) is 11.2. The molecule has 2 aromatic heterocycles. The number of hydrogen-bond donors (Lipinski definition) is 1. The molecule has 3 rings (SSSR count). The first kappa shape index (κ1) is 14.2. The van der Waals surface area contributed by atoms with Crippen molar-refractivity contribution in [3.63, 3.8) is 0 Å². The first-order chi connectivity index (χ1) is 10.0. The SMILES string of the molecule is C=C(C)NOCc1nc2c[n+]([O-])c3cc(Br)ccc3c2s1. The Bertz CT molecular complexity index is 847. The van der Waals surface area contributed by atoms with E-state index in [9.17, 15) is 5.21 Å². The van der Waals surface area contributed by atoms with Crippen molar-refractivity contribution >= 4 is 48.4 Å². The number of nitrogens with zero attached hydrogens (tertiary/aromatic N) is 2. The van der Waals surface area contributed by atoms with Gasteiger partial charge in [0.25, 0.3) is 0 Å². The Morgan fingerprint density at radius 3 is 3.14 bits per heavy atom. The lowest BCUT2D eigenvalue weighted by Crippen LogP contribution is -2.26. The number of allylic oxidation sites excluding steroid dienone is 1. The first-order valence-electron chi connectivity index (χ1n) is 6.19. The molecule has 0 radical (unpaired) electrons. The Balaban J connectivity index is 2.04. The molecule has 1 N–H and O–H groups in total. The van der Waals surface area contributed by atoms with Gasteiger partial charge in [0.1, 0.15) is 17.1 Å². The van der Waals surface area contributed by atoms with Gasteiger partial charge in [-0.3, -0.25) is 10.3 Å². The fourth-order valence-electron chi connectivity index (χ4n) is 2.00. The highest BCUT2D eigenvalue weighted by Gasteiger charge is 2.14. The monoisotopic (exact) mass is 365 g/mol. The van der Waals surface area contributed by atoms with E-state index in [0.29, 0.717) is 17.6 Å². The van der Waals surface area contributed by atoms with Crippen LogP contribution in [-0.4, -0.2) is 4.98 Å². The smallest absolute Gasteiger partial charge is 0.226 e. The normalized spacial score (nSPS) is 11.1. The number of hydroxylamine groups is 1. The maximum absolute atomic E-state index is 12.1. The fraction of sp³-hybridized carbons (Fsp3) is 0.143. The highest BCUT2D eigenvalue weighted by Crippen LogP contribution is 2.29. The Kier molecular flexibility index (Phi) is 3.79. The van der Waals surface area contributed by atoms with Gasteiger partial charge in [0.2, 0.25) is 11.7 Å².